The van der Waals surface area contributed by atoms with Crippen LogP contribution in [0.15, 0.2) is 0 Å². The van der Waals surface area contributed by atoms with Crippen molar-refractivity contribution in [1.82, 2.24) is 4.90 Å². The Morgan fingerprint density at radius 2 is 2.07 bits per heavy atom. The van der Waals surface area contributed by atoms with E-state index in [1.807, 2.05) is 0 Å². The molecule has 2 saturated carbocycles. The summed E-state index contributed by atoms with van der Waals surface area (Å²) in [6.45, 7) is 1.08. The molecule has 2 nitrogen and oxygen atoms in total. The minimum Gasteiger partial charge on any atom is -0.336 e. The van der Waals surface area contributed by atoms with E-state index in [9.17, 15) is 4.79 Å². The Morgan fingerprint density at radius 3 is 2.93 bits per heavy atom. The highest BCUT2D eigenvalue weighted by molar-refractivity contribution is 5.84. The Kier molecular flexibility index (Phi) is 1.20. The third kappa shape index (κ3) is 0.636. The second kappa shape index (κ2) is 2.17. The molecule has 4 rings (SSSR count). The van der Waals surface area contributed by atoms with Gasteiger partial charge in [-0.25, -0.2) is 0 Å². The first-order chi connectivity index (χ1) is 6.84. The molecule has 14 heavy (non-hydrogen) atoms. The van der Waals surface area contributed by atoms with Crippen LogP contribution in [0, 0.1) is 17.8 Å². The van der Waals surface area contributed by atoms with Crippen LogP contribution in [0.4, 0.5) is 0 Å². The van der Waals surface area contributed by atoms with Crippen LogP contribution in [-0.2, 0) is 4.79 Å². The fourth-order valence-electron chi connectivity index (χ4n) is 4.71. The predicted molar refractivity (Wildman–Crippen MR) is 52.6 cm³/mol. The number of nitrogens with zero attached hydrogens (tertiary/aromatic N) is 1. The monoisotopic (exact) mass is 191 g/mol. The number of amides is 1. The molecule has 4 aliphatic rings. The Morgan fingerprint density at radius 1 is 1.21 bits per heavy atom. The molecule has 4 fully saturated rings. The van der Waals surface area contributed by atoms with Gasteiger partial charge in [0.1, 0.15) is 0 Å². The maximum Gasteiger partial charge on any atom is 0.226 e. The lowest BCUT2D eigenvalue weighted by Crippen LogP contribution is -2.34. The average molecular weight is 191 g/mol. The number of rotatable bonds is 0. The third-order valence-corrected chi connectivity index (χ3v) is 5.32. The van der Waals surface area contributed by atoms with Crippen molar-refractivity contribution in [3.8, 4) is 0 Å². The van der Waals surface area contributed by atoms with Crippen molar-refractivity contribution in [2.24, 2.45) is 17.8 Å². The molecule has 2 saturated heterocycles. The van der Waals surface area contributed by atoms with Gasteiger partial charge in [0, 0.05) is 18.0 Å². The highest BCUT2D eigenvalue weighted by atomic mass is 16.2. The summed E-state index contributed by atoms with van der Waals surface area (Å²) in [7, 11) is 0. The van der Waals surface area contributed by atoms with Gasteiger partial charge in [0.2, 0.25) is 5.91 Å². The minimum atomic E-state index is 0.419. The van der Waals surface area contributed by atoms with Crippen molar-refractivity contribution in [3.63, 3.8) is 0 Å². The fourth-order valence-corrected chi connectivity index (χ4v) is 4.71. The summed E-state index contributed by atoms with van der Waals surface area (Å²) in [6.07, 6.45) is 7.84. The largest absolute Gasteiger partial charge is 0.336 e. The number of hydrogen-bond donors (Lipinski definition) is 0. The molecule has 0 aromatic carbocycles. The summed E-state index contributed by atoms with van der Waals surface area (Å²) in [5.74, 6) is 2.62. The van der Waals surface area contributed by atoms with Gasteiger partial charge in [0.25, 0.3) is 0 Å². The molecule has 2 heterocycles. The first-order valence-electron chi connectivity index (χ1n) is 6.15. The maximum atomic E-state index is 12.2. The standard InChI is InChI=1S/C12H17NO/c14-11-9-3-1-2-4-10(9)12-7-8(12)5-6-13(11)12/h8-10H,1-7H2. The van der Waals surface area contributed by atoms with Crippen LogP contribution in [0.2, 0.25) is 0 Å². The minimum absolute atomic E-state index is 0.419. The molecule has 0 aromatic heterocycles. The topological polar surface area (TPSA) is 20.3 Å². The number of fused-ring (bicyclic) bond motifs is 1. The third-order valence-electron chi connectivity index (χ3n) is 5.32. The van der Waals surface area contributed by atoms with Crippen LogP contribution in [0.1, 0.15) is 38.5 Å². The molecule has 76 valence electrons. The van der Waals surface area contributed by atoms with Gasteiger partial charge >= 0.3 is 0 Å². The molecule has 4 atom stereocenters. The van der Waals surface area contributed by atoms with Crippen molar-refractivity contribution in [2.75, 3.05) is 6.54 Å². The van der Waals surface area contributed by atoms with Crippen molar-refractivity contribution in [1.29, 1.82) is 0 Å². The SMILES string of the molecule is O=C1C2CCCCC2C23CC2CCN13. The van der Waals surface area contributed by atoms with Crippen LogP contribution in [0.5, 0.6) is 0 Å². The van der Waals surface area contributed by atoms with E-state index in [0.29, 0.717) is 17.4 Å². The van der Waals surface area contributed by atoms with Gasteiger partial charge in [-0.3, -0.25) is 4.79 Å². The summed E-state index contributed by atoms with van der Waals surface area (Å²) in [6, 6.07) is 0. The van der Waals surface area contributed by atoms with E-state index >= 15 is 0 Å². The van der Waals surface area contributed by atoms with Gasteiger partial charge in [-0.05, 0) is 37.5 Å². The summed E-state index contributed by atoms with van der Waals surface area (Å²) >= 11 is 0. The van der Waals surface area contributed by atoms with E-state index < -0.39 is 0 Å². The van der Waals surface area contributed by atoms with Gasteiger partial charge in [0.15, 0.2) is 0 Å². The fraction of sp³-hybridized carbons (Fsp3) is 0.917. The lowest BCUT2D eigenvalue weighted by molar-refractivity contribution is -0.132. The molecule has 0 N–H and O–H groups in total. The predicted octanol–water partition coefficient (Wildman–Crippen LogP) is 1.80. The molecule has 1 amide bonds. The number of carbonyl (C=O) groups is 1. The van der Waals surface area contributed by atoms with E-state index in [2.05, 4.69) is 4.90 Å². The quantitative estimate of drug-likeness (QED) is 0.571. The van der Waals surface area contributed by atoms with Crippen LogP contribution in [0.25, 0.3) is 0 Å². The number of carbonyl (C=O) groups excluding carboxylic acids is 1. The van der Waals surface area contributed by atoms with Crippen molar-refractivity contribution >= 4 is 5.91 Å². The first kappa shape index (κ1) is 7.72. The van der Waals surface area contributed by atoms with E-state index in [0.717, 1.165) is 18.4 Å². The Balaban J connectivity index is 1.78. The van der Waals surface area contributed by atoms with E-state index in [1.54, 1.807) is 0 Å². The molecule has 0 aromatic rings. The zero-order valence-electron chi connectivity index (χ0n) is 8.54. The highest BCUT2D eigenvalue weighted by Crippen LogP contribution is 2.67. The Bertz CT molecular complexity index is 313. The molecule has 2 aliphatic heterocycles. The summed E-state index contributed by atoms with van der Waals surface area (Å²) in [4.78, 5) is 14.5. The molecule has 2 aliphatic carbocycles. The summed E-state index contributed by atoms with van der Waals surface area (Å²) < 4.78 is 0. The summed E-state index contributed by atoms with van der Waals surface area (Å²) in [5, 5.41) is 0. The molecular weight excluding hydrogens is 174 g/mol. The van der Waals surface area contributed by atoms with Gasteiger partial charge in [-0.1, -0.05) is 12.8 Å². The molecule has 2 heteroatoms. The lowest BCUT2D eigenvalue weighted by atomic mass is 9.76. The van der Waals surface area contributed by atoms with Gasteiger partial charge in [0.05, 0.1) is 0 Å². The van der Waals surface area contributed by atoms with E-state index in [-0.39, 0.29) is 0 Å². The molecule has 1 spiro atoms. The number of hydrogen-bond acceptors (Lipinski definition) is 1. The average Bonchev–Trinajstić information content (AvgIpc) is 2.75. The number of piperidine rings is 1. The molecule has 4 unspecified atom stereocenters. The van der Waals surface area contributed by atoms with Crippen molar-refractivity contribution in [3.05, 3.63) is 0 Å². The van der Waals surface area contributed by atoms with E-state index in [1.165, 1.54) is 38.5 Å². The summed E-state index contributed by atoms with van der Waals surface area (Å²) in [5.41, 5.74) is 0.419. The maximum absolute atomic E-state index is 12.2. The smallest absolute Gasteiger partial charge is 0.226 e. The van der Waals surface area contributed by atoms with Gasteiger partial charge in [-0.2, -0.15) is 0 Å². The van der Waals surface area contributed by atoms with Crippen molar-refractivity contribution < 1.29 is 4.79 Å². The van der Waals surface area contributed by atoms with Crippen LogP contribution in [0.3, 0.4) is 0 Å². The van der Waals surface area contributed by atoms with Crippen molar-refractivity contribution in [2.45, 2.75) is 44.1 Å². The lowest BCUT2D eigenvalue weighted by Gasteiger charge is -2.27. The second-order valence-corrected chi connectivity index (χ2v) is 5.67. The van der Waals surface area contributed by atoms with Crippen LogP contribution in [-0.4, -0.2) is 22.9 Å². The zero-order valence-corrected chi connectivity index (χ0v) is 8.54. The second-order valence-electron chi connectivity index (χ2n) is 5.67. The normalized spacial score (nSPS) is 54.1. The van der Waals surface area contributed by atoms with Crippen LogP contribution >= 0.6 is 0 Å². The first-order valence-corrected chi connectivity index (χ1v) is 6.15. The Hall–Kier alpha value is -0.530. The highest BCUT2D eigenvalue weighted by Gasteiger charge is 2.73. The van der Waals surface area contributed by atoms with Gasteiger partial charge in [-0.15, -0.1) is 0 Å². The van der Waals surface area contributed by atoms with Gasteiger partial charge < -0.3 is 4.90 Å². The molecule has 0 bridgehead atoms. The van der Waals surface area contributed by atoms with Crippen LogP contribution < -0.4 is 0 Å². The molecular formula is C12H17NO. The molecule has 0 radical (unpaired) electrons. The van der Waals surface area contributed by atoms with E-state index in [4.69, 9.17) is 0 Å². The zero-order chi connectivity index (χ0) is 9.34. The Labute approximate surface area is 84.7 Å².